The molecule has 2 aliphatic heterocycles. The second-order valence-electron chi connectivity index (χ2n) is 12.3. The smallest absolute Gasteiger partial charge is 0.260 e. The van der Waals surface area contributed by atoms with Gasteiger partial charge in [-0.05, 0) is 110 Å². The van der Waals surface area contributed by atoms with E-state index in [1.54, 1.807) is 18.3 Å². The lowest BCUT2D eigenvalue weighted by Gasteiger charge is -2.66. The van der Waals surface area contributed by atoms with Gasteiger partial charge < -0.3 is 15.0 Å². The zero-order valence-electron chi connectivity index (χ0n) is 20.1. The third kappa shape index (κ3) is 2.49. The van der Waals surface area contributed by atoms with Crippen molar-refractivity contribution in [3.8, 4) is 5.75 Å². The van der Waals surface area contributed by atoms with Crippen molar-refractivity contribution in [2.24, 2.45) is 23.2 Å². The molecule has 2 saturated heterocycles. The van der Waals surface area contributed by atoms with E-state index in [2.05, 4.69) is 26.9 Å². The molecule has 3 heterocycles. The maximum absolute atomic E-state index is 13.7. The van der Waals surface area contributed by atoms with E-state index in [1.807, 2.05) is 6.07 Å². The van der Waals surface area contributed by atoms with Gasteiger partial charge in [-0.25, -0.2) is 0 Å². The second-order valence-corrected chi connectivity index (χ2v) is 12.3. The van der Waals surface area contributed by atoms with Crippen LogP contribution >= 0.6 is 0 Å². The molecule has 0 spiro atoms. The van der Waals surface area contributed by atoms with Crippen LogP contribution in [0.5, 0.6) is 5.75 Å². The van der Waals surface area contributed by atoms with E-state index >= 15 is 0 Å². The van der Waals surface area contributed by atoms with Gasteiger partial charge in [0.15, 0.2) is 0 Å². The van der Waals surface area contributed by atoms with E-state index in [9.17, 15) is 14.7 Å². The number of aromatic amines is 1. The number of piperidine rings is 1. The molecular formula is C29H33N3O3. The van der Waals surface area contributed by atoms with Crippen LogP contribution < -0.4 is 5.56 Å². The fraction of sp³-hybridized carbons (Fsp3) is 0.586. The zero-order valence-corrected chi connectivity index (χ0v) is 20.1. The van der Waals surface area contributed by atoms with E-state index in [-0.39, 0.29) is 33.9 Å². The van der Waals surface area contributed by atoms with Crippen LogP contribution in [0.4, 0.5) is 0 Å². The van der Waals surface area contributed by atoms with Gasteiger partial charge in [-0.15, -0.1) is 0 Å². The quantitative estimate of drug-likeness (QED) is 0.720. The molecule has 6 atom stereocenters. The number of nitrogens with zero attached hydrogens (tertiary/aromatic N) is 2. The minimum Gasteiger partial charge on any atom is -0.508 e. The summed E-state index contributed by atoms with van der Waals surface area (Å²) in [5, 5.41) is 10.6. The van der Waals surface area contributed by atoms with E-state index in [4.69, 9.17) is 0 Å². The van der Waals surface area contributed by atoms with Crippen LogP contribution in [0, 0.1) is 23.2 Å². The summed E-state index contributed by atoms with van der Waals surface area (Å²) < 4.78 is 0. The monoisotopic (exact) mass is 471 g/mol. The summed E-state index contributed by atoms with van der Waals surface area (Å²) in [6.45, 7) is 3.13. The van der Waals surface area contributed by atoms with Gasteiger partial charge in [-0.1, -0.05) is 6.07 Å². The number of likely N-dealkylation sites (tertiary alicyclic amines) is 2. The lowest BCUT2D eigenvalue weighted by molar-refractivity contribution is -0.102. The van der Waals surface area contributed by atoms with E-state index in [1.165, 1.54) is 36.9 Å². The topological polar surface area (TPSA) is 76.6 Å². The van der Waals surface area contributed by atoms with Crippen LogP contribution in [0.15, 0.2) is 41.3 Å². The zero-order chi connectivity index (χ0) is 23.5. The third-order valence-corrected chi connectivity index (χ3v) is 11.1. The fourth-order valence-corrected chi connectivity index (χ4v) is 9.92. The Kier molecular flexibility index (Phi) is 3.99. The van der Waals surface area contributed by atoms with Gasteiger partial charge in [0.25, 0.3) is 11.5 Å². The minimum absolute atomic E-state index is 0.0236. The number of hydrogen-bond acceptors (Lipinski definition) is 4. The van der Waals surface area contributed by atoms with Gasteiger partial charge in [0.2, 0.25) is 0 Å². The SMILES string of the molecule is O=C(c1ccc[nH]c1=O)N1C[C@H]2CC34CCC1C2C31CCN(CC2CC2)C4Cc2ccc(O)cc21. The Morgan fingerprint density at radius 2 is 2.06 bits per heavy atom. The van der Waals surface area contributed by atoms with E-state index < -0.39 is 0 Å². The molecule has 3 saturated carbocycles. The number of phenols is 1. The number of carbonyl (C=O) groups excluding carboxylic acids is 1. The fourth-order valence-electron chi connectivity index (χ4n) is 9.92. The first-order valence-corrected chi connectivity index (χ1v) is 13.6. The molecular weight excluding hydrogens is 438 g/mol. The molecule has 1 aromatic carbocycles. The number of amides is 1. The van der Waals surface area contributed by atoms with Crippen molar-refractivity contribution in [1.82, 2.24) is 14.8 Å². The first kappa shape index (κ1) is 20.6. The van der Waals surface area contributed by atoms with Crippen molar-refractivity contribution in [2.75, 3.05) is 19.6 Å². The molecule has 2 N–H and O–H groups in total. The summed E-state index contributed by atoms with van der Waals surface area (Å²) in [6, 6.07) is 10.3. The number of fused-ring (bicyclic) bond motifs is 1. The van der Waals surface area contributed by atoms with Crippen molar-refractivity contribution in [3.63, 3.8) is 0 Å². The summed E-state index contributed by atoms with van der Waals surface area (Å²) in [5.41, 5.74) is 3.03. The molecule has 2 aromatic rings. The van der Waals surface area contributed by atoms with Crippen molar-refractivity contribution < 1.29 is 9.90 Å². The highest BCUT2D eigenvalue weighted by Gasteiger charge is 2.76. The number of carbonyl (C=O) groups is 1. The Hall–Kier alpha value is -2.60. The van der Waals surface area contributed by atoms with E-state index in [0.717, 1.165) is 44.7 Å². The van der Waals surface area contributed by atoms with Gasteiger partial charge in [-0.3, -0.25) is 14.5 Å². The maximum atomic E-state index is 13.7. The highest BCUT2D eigenvalue weighted by Crippen LogP contribution is 2.75. The summed E-state index contributed by atoms with van der Waals surface area (Å²) in [6.07, 6.45) is 9.91. The summed E-state index contributed by atoms with van der Waals surface area (Å²) >= 11 is 0. The third-order valence-electron chi connectivity index (χ3n) is 11.1. The molecule has 1 aromatic heterocycles. The van der Waals surface area contributed by atoms with Crippen LogP contribution in [0.1, 0.15) is 60.0 Å². The highest BCUT2D eigenvalue weighted by molar-refractivity contribution is 5.94. The number of pyridine rings is 1. The average molecular weight is 472 g/mol. The molecule has 5 fully saturated rings. The Morgan fingerprint density at radius 3 is 2.89 bits per heavy atom. The Balaban J connectivity index is 1.25. The standard InChI is InChI=1S/C29H33N3O3/c33-20-6-5-18-12-24-28-8-7-23-25(29(28,22(18)13-20)9-11-31(24)15-17-3-4-17)19(14-28)16-32(23)27(35)21-2-1-10-30-26(21)34/h1-2,5-6,10,13,17,19,23-25,33H,3-4,7-9,11-12,14-16H2,(H,30,34)/t19-,23?,24?,25?,28?,29?/m1/s1. The van der Waals surface area contributed by atoms with Gasteiger partial charge in [0.1, 0.15) is 11.3 Å². The molecule has 4 bridgehead atoms. The van der Waals surface area contributed by atoms with Gasteiger partial charge in [-0.2, -0.15) is 0 Å². The molecule has 4 aliphatic carbocycles. The molecule has 0 radical (unpaired) electrons. The maximum Gasteiger partial charge on any atom is 0.260 e. The van der Waals surface area contributed by atoms with Crippen LogP contribution in [-0.4, -0.2) is 57.5 Å². The van der Waals surface area contributed by atoms with Gasteiger partial charge >= 0.3 is 0 Å². The number of rotatable bonds is 3. The number of nitrogens with one attached hydrogen (secondary N) is 1. The summed E-state index contributed by atoms with van der Waals surface area (Å²) in [7, 11) is 0. The van der Waals surface area contributed by atoms with Crippen molar-refractivity contribution in [3.05, 3.63) is 63.6 Å². The second kappa shape index (κ2) is 6.78. The highest BCUT2D eigenvalue weighted by atomic mass is 16.3. The van der Waals surface area contributed by atoms with Crippen molar-refractivity contribution in [1.29, 1.82) is 0 Å². The van der Waals surface area contributed by atoms with Crippen molar-refractivity contribution in [2.45, 2.75) is 62.4 Å². The lowest BCUT2D eigenvalue weighted by Crippen LogP contribution is -2.70. The first-order valence-electron chi connectivity index (χ1n) is 13.6. The number of aromatic nitrogens is 1. The average Bonchev–Trinajstić information content (AvgIpc) is 3.54. The Labute approximate surface area is 205 Å². The molecule has 8 rings (SSSR count). The molecule has 5 unspecified atom stereocenters. The molecule has 6 aliphatic rings. The molecule has 6 heteroatoms. The summed E-state index contributed by atoms with van der Waals surface area (Å²) in [5.74, 6) is 2.02. The number of hydrogen-bond donors (Lipinski definition) is 2. The predicted octanol–water partition coefficient (Wildman–Crippen LogP) is 3.30. The lowest BCUT2D eigenvalue weighted by atomic mass is 9.43. The normalized spacial score (nSPS) is 38.8. The van der Waals surface area contributed by atoms with Crippen LogP contribution in [0.25, 0.3) is 0 Å². The summed E-state index contributed by atoms with van der Waals surface area (Å²) in [4.78, 5) is 33.7. The molecule has 182 valence electrons. The largest absolute Gasteiger partial charge is 0.508 e. The number of phenolic OH excluding ortho intramolecular Hbond substituents is 1. The molecule has 35 heavy (non-hydrogen) atoms. The van der Waals surface area contributed by atoms with Crippen LogP contribution in [-0.2, 0) is 11.8 Å². The van der Waals surface area contributed by atoms with E-state index in [0.29, 0.717) is 23.6 Å². The number of aromatic hydroxyl groups is 1. The van der Waals surface area contributed by atoms with Gasteiger partial charge in [0.05, 0.1) is 0 Å². The van der Waals surface area contributed by atoms with Crippen LogP contribution in [0.3, 0.4) is 0 Å². The predicted molar refractivity (Wildman–Crippen MR) is 131 cm³/mol. The van der Waals surface area contributed by atoms with Crippen LogP contribution in [0.2, 0.25) is 0 Å². The number of H-pyrrole nitrogens is 1. The molecule has 6 nitrogen and oxygen atoms in total. The van der Waals surface area contributed by atoms with Gasteiger partial charge in [0, 0.05) is 36.8 Å². The Bertz CT molecular complexity index is 1300. The molecule has 1 amide bonds. The minimum atomic E-state index is -0.292. The number of benzene rings is 1. The Morgan fingerprint density at radius 1 is 1.17 bits per heavy atom. The first-order chi connectivity index (χ1) is 17.0. The van der Waals surface area contributed by atoms with Crippen molar-refractivity contribution >= 4 is 5.91 Å².